The first-order valence-electron chi connectivity index (χ1n) is 7.92. The van der Waals surface area contributed by atoms with E-state index in [1.54, 1.807) is 27.8 Å². The standard InChI is InChI=1S/C16H21N7O/c1-4-21-10-14(13(3)19-21)12(2)18-16(24)15-6-9-23(20-15)11-22-8-5-7-17-22/h5-10,12H,4,11H2,1-3H3,(H,18,24). The number of aryl methyl sites for hydroxylation is 2. The zero-order chi connectivity index (χ0) is 17.1. The van der Waals surface area contributed by atoms with Crippen LogP contribution >= 0.6 is 0 Å². The summed E-state index contributed by atoms with van der Waals surface area (Å²) >= 11 is 0. The lowest BCUT2D eigenvalue weighted by Crippen LogP contribution is -2.27. The molecule has 8 heteroatoms. The molecule has 0 aliphatic heterocycles. The summed E-state index contributed by atoms with van der Waals surface area (Å²) in [5, 5.41) is 15.8. The molecule has 0 aliphatic carbocycles. The Morgan fingerprint density at radius 2 is 2.08 bits per heavy atom. The van der Waals surface area contributed by atoms with Gasteiger partial charge in [-0.3, -0.25) is 18.8 Å². The predicted molar refractivity (Wildman–Crippen MR) is 88.4 cm³/mol. The Bertz CT molecular complexity index is 815. The third-order valence-corrected chi connectivity index (χ3v) is 3.84. The lowest BCUT2D eigenvalue weighted by molar-refractivity contribution is 0.0933. The van der Waals surface area contributed by atoms with Gasteiger partial charge in [0.25, 0.3) is 5.91 Å². The van der Waals surface area contributed by atoms with Crippen LogP contribution in [-0.2, 0) is 13.2 Å². The van der Waals surface area contributed by atoms with Gasteiger partial charge < -0.3 is 5.32 Å². The maximum absolute atomic E-state index is 12.4. The highest BCUT2D eigenvalue weighted by atomic mass is 16.2. The first-order chi connectivity index (χ1) is 11.6. The number of aromatic nitrogens is 6. The largest absolute Gasteiger partial charge is 0.344 e. The Morgan fingerprint density at radius 3 is 2.75 bits per heavy atom. The fourth-order valence-corrected chi connectivity index (χ4v) is 2.56. The molecular weight excluding hydrogens is 306 g/mol. The third-order valence-electron chi connectivity index (χ3n) is 3.84. The van der Waals surface area contributed by atoms with E-state index in [1.165, 1.54) is 0 Å². The van der Waals surface area contributed by atoms with Crippen LogP contribution in [0.25, 0.3) is 0 Å². The molecule has 1 atom stereocenters. The normalized spacial score (nSPS) is 12.3. The number of carbonyl (C=O) groups is 1. The molecule has 0 radical (unpaired) electrons. The molecule has 126 valence electrons. The smallest absolute Gasteiger partial charge is 0.272 e. The molecule has 3 rings (SSSR count). The Labute approximate surface area is 140 Å². The molecular formula is C16H21N7O. The van der Waals surface area contributed by atoms with Crippen LogP contribution in [0.15, 0.2) is 36.9 Å². The van der Waals surface area contributed by atoms with Gasteiger partial charge in [-0.05, 0) is 32.9 Å². The van der Waals surface area contributed by atoms with Gasteiger partial charge in [-0.1, -0.05) is 0 Å². The molecule has 0 fully saturated rings. The van der Waals surface area contributed by atoms with E-state index in [1.807, 2.05) is 43.9 Å². The molecule has 1 amide bonds. The summed E-state index contributed by atoms with van der Waals surface area (Å²) in [6, 6.07) is 3.42. The Kier molecular flexibility index (Phi) is 4.45. The van der Waals surface area contributed by atoms with Gasteiger partial charge in [0.15, 0.2) is 0 Å². The van der Waals surface area contributed by atoms with Crippen molar-refractivity contribution in [3.63, 3.8) is 0 Å². The van der Waals surface area contributed by atoms with Gasteiger partial charge in [-0.25, -0.2) is 0 Å². The summed E-state index contributed by atoms with van der Waals surface area (Å²) in [5.74, 6) is -0.203. The molecule has 0 aromatic carbocycles. The van der Waals surface area contributed by atoms with Crippen molar-refractivity contribution in [2.24, 2.45) is 0 Å². The van der Waals surface area contributed by atoms with Crippen molar-refractivity contribution >= 4 is 5.91 Å². The highest BCUT2D eigenvalue weighted by Gasteiger charge is 2.17. The van der Waals surface area contributed by atoms with E-state index in [0.29, 0.717) is 12.4 Å². The number of rotatable bonds is 6. The van der Waals surface area contributed by atoms with Gasteiger partial charge in [0.05, 0.1) is 11.7 Å². The first-order valence-corrected chi connectivity index (χ1v) is 7.92. The van der Waals surface area contributed by atoms with Crippen LogP contribution in [0.4, 0.5) is 0 Å². The molecule has 3 aromatic heterocycles. The SMILES string of the molecule is CCn1cc(C(C)NC(=O)c2ccn(Cn3cccn3)n2)c(C)n1. The molecule has 1 unspecified atom stereocenters. The lowest BCUT2D eigenvalue weighted by atomic mass is 10.1. The zero-order valence-electron chi connectivity index (χ0n) is 14.0. The van der Waals surface area contributed by atoms with Crippen molar-refractivity contribution in [3.8, 4) is 0 Å². The second kappa shape index (κ2) is 6.69. The van der Waals surface area contributed by atoms with Crippen molar-refractivity contribution in [1.82, 2.24) is 34.7 Å². The van der Waals surface area contributed by atoms with Crippen LogP contribution in [-0.4, -0.2) is 35.2 Å². The summed E-state index contributed by atoms with van der Waals surface area (Å²) in [4.78, 5) is 12.4. The number of amides is 1. The zero-order valence-corrected chi connectivity index (χ0v) is 14.0. The third kappa shape index (κ3) is 3.37. The number of hydrogen-bond donors (Lipinski definition) is 1. The van der Waals surface area contributed by atoms with E-state index in [-0.39, 0.29) is 11.9 Å². The molecule has 3 aromatic rings. The lowest BCUT2D eigenvalue weighted by Gasteiger charge is -2.12. The quantitative estimate of drug-likeness (QED) is 0.745. The van der Waals surface area contributed by atoms with Gasteiger partial charge >= 0.3 is 0 Å². The molecule has 0 aliphatic rings. The molecule has 0 spiro atoms. The van der Waals surface area contributed by atoms with E-state index in [0.717, 1.165) is 17.8 Å². The second-order valence-electron chi connectivity index (χ2n) is 5.65. The predicted octanol–water partition coefficient (Wildman–Crippen LogP) is 1.60. The van der Waals surface area contributed by atoms with Crippen molar-refractivity contribution < 1.29 is 4.79 Å². The summed E-state index contributed by atoms with van der Waals surface area (Å²) in [5.41, 5.74) is 2.32. The van der Waals surface area contributed by atoms with Crippen LogP contribution in [0.5, 0.6) is 0 Å². The summed E-state index contributed by atoms with van der Waals surface area (Å²) in [7, 11) is 0. The summed E-state index contributed by atoms with van der Waals surface area (Å²) < 4.78 is 5.28. The van der Waals surface area contributed by atoms with Gasteiger partial charge in [0.2, 0.25) is 0 Å². The topological polar surface area (TPSA) is 82.6 Å². The van der Waals surface area contributed by atoms with Crippen LogP contribution in [0, 0.1) is 6.92 Å². The van der Waals surface area contributed by atoms with E-state index in [2.05, 4.69) is 20.6 Å². The van der Waals surface area contributed by atoms with Crippen LogP contribution in [0.2, 0.25) is 0 Å². The molecule has 0 saturated heterocycles. The maximum Gasteiger partial charge on any atom is 0.272 e. The highest BCUT2D eigenvalue weighted by Crippen LogP contribution is 2.16. The van der Waals surface area contributed by atoms with Gasteiger partial charge in [0.1, 0.15) is 12.4 Å². The van der Waals surface area contributed by atoms with E-state index >= 15 is 0 Å². The van der Waals surface area contributed by atoms with Gasteiger partial charge in [-0.2, -0.15) is 15.3 Å². The number of nitrogens with zero attached hydrogens (tertiary/aromatic N) is 6. The molecule has 8 nitrogen and oxygen atoms in total. The minimum atomic E-state index is -0.203. The Balaban J connectivity index is 1.66. The molecule has 3 heterocycles. The van der Waals surface area contributed by atoms with Crippen molar-refractivity contribution in [2.75, 3.05) is 0 Å². The first kappa shape index (κ1) is 16.0. The fourth-order valence-electron chi connectivity index (χ4n) is 2.56. The van der Waals surface area contributed by atoms with E-state index < -0.39 is 0 Å². The molecule has 1 N–H and O–H groups in total. The van der Waals surface area contributed by atoms with E-state index in [9.17, 15) is 4.79 Å². The fraction of sp³-hybridized carbons (Fsp3) is 0.375. The van der Waals surface area contributed by atoms with E-state index in [4.69, 9.17) is 0 Å². The summed E-state index contributed by atoms with van der Waals surface area (Å²) in [6.45, 7) is 7.20. The average molecular weight is 327 g/mol. The number of hydrogen-bond acceptors (Lipinski definition) is 4. The van der Waals surface area contributed by atoms with Gasteiger partial charge in [0, 0.05) is 36.9 Å². The summed E-state index contributed by atoms with van der Waals surface area (Å²) in [6.07, 6.45) is 7.29. The van der Waals surface area contributed by atoms with Crippen LogP contribution in [0.3, 0.4) is 0 Å². The minimum absolute atomic E-state index is 0.130. The number of carbonyl (C=O) groups excluding carboxylic acids is 1. The van der Waals surface area contributed by atoms with Crippen molar-refractivity contribution in [2.45, 2.75) is 40.0 Å². The highest BCUT2D eigenvalue weighted by molar-refractivity contribution is 5.92. The van der Waals surface area contributed by atoms with Gasteiger partial charge in [-0.15, -0.1) is 0 Å². The van der Waals surface area contributed by atoms with Crippen LogP contribution < -0.4 is 5.32 Å². The molecule has 0 saturated carbocycles. The Hall–Kier alpha value is -2.90. The van der Waals surface area contributed by atoms with Crippen molar-refractivity contribution in [3.05, 3.63) is 53.9 Å². The monoisotopic (exact) mass is 327 g/mol. The average Bonchev–Trinajstić information content (AvgIpc) is 3.28. The second-order valence-corrected chi connectivity index (χ2v) is 5.65. The number of nitrogens with one attached hydrogen (secondary N) is 1. The maximum atomic E-state index is 12.4. The van der Waals surface area contributed by atoms with Crippen LogP contribution in [0.1, 0.15) is 41.6 Å². The van der Waals surface area contributed by atoms with Crippen molar-refractivity contribution in [1.29, 1.82) is 0 Å². The minimum Gasteiger partial charge on any atom is -0.344 e. The Morgan fingerprint density at radius 1 is 1.25 bits per heavy atom. The molecule has 24 heavy (non-hydrogen) atoms. The molecule has 0 bridgehead atoms.